The van der Waals surface area contributed by atoms with E-state index in [9.17, 15) is 14.4 Å². The lowest BCUT2D eigenvalue weighted by Crippen LogP contribution is -2.30. The molecule has 0 fully saturated rings. The summed E-state index contributed by atoms with van der Waals surface area (Å²) in [6.07, 6.45) is 74.2. The minimum absolute atomic E-state index is 0.0927. The van der Waals surface area contributed by atoms with Gasteiger partial charge in [0.2, 0.25) is 0 Å². The maximum absolute atomic E-state index is 12.9. The molecule has 0 saturated carbocycles. The van der Waals surface area contributed by atoms with Crippen molar-refractivity contribution in [2.75, 3.05) is 13.2 Å². The third-order valence-electron chi connectivity index (χ3n) is 12.3. The molecule has 0 amide bonds. The van der Waals surface area contributed by atoms with Crippen LogP contribution < -0.4 is 0 Å². The van der Waals surface area contributed by atoms with Crippen LogP contribution in [0.15, 0.2) is 85.1 Å². The average Bonchev–Trinajstić information content (AvgIpc) is 3.35. The molecule has 0 unspecified atom stereocenters. The topological polar surface area (TPSA) is 78.9 Å². The zero-order valence-electron chi connectivity index (χ0n) is 45.3. The molecule has 6 heteroatoms. The van der Waals surface area contributed by atoms with E-state index in [-0.39, 0.29) is 31.1 Å². The molecule has 0 heterocycles. The highest BCUT2D eigenvalue weighted by atomic mass is 16.6. The number of carbonyl (C=O) groups is 3. The first-order valence-electron chi connectivity index (χ1n) is 29.1. The summed E-state index contributed by atoms with van der Waals surface area (Å²) >= 11 is 0. The van der Waals surface area contributed by atoms with Crippen LogP contribution in [-0.4, -0.2) is 37.2 Å². The molecule has 0 rings (SSSR count). The first-order valence-corrected chi connectivity index (χ1v) is 29.1. The normalized spacial score (nSPS) is 12.7. The van der Waals surface area contributed by atoms with Crippen molar-refractivity contribution in [1.82, 2.24) is 0 Å². The summed E-state index contributed by atoms with van der Waals surface area (Å²) in [4.78, 5) is 38.2. The highest BCUT2D eigenvalue weighted by Crippen LogP contribution is 2.14. The van der Waals surface area contributed by atoms with E-state index in [4.69, 9.17) is 14.2 Å². The first-order chi connectivity index (χ1) is 34.0. The fourth-order valence-corrected chi connectivity index (χ4v) is 7.92. The van der Waals surface area contributed by atoms with Crippen LogP contribution >= 0.6 is 0 Å². The summed E-state index contributed by atoms with van der Waals surface area (Å²) in [5, 5.41) is 0. The Bertz CT molecular complexity index is 1330. The predicted molar refractivity (Wildman–Crippen MR) is 297 cm³/mol. The number of hydrogen-bond donors (Lipinski definition) is 0. The smallest absolute Gasteiger partial charge is 0.306 e. The van der Waals surface area contributed by atoms with Crippen molar-refractivity contribution < 1.29 is 28.6 Å². The van der Waals surface area contributed by atoms with E-state index in [1.807, 2.05) is 0 Å². The largest absolute Gasteiger partial charge is 0.462 e. The molecule has 0 aromatic carbocycles. The van der Waals surface area contributed by atoms with Crippen LogP contribution in [0.1, 0.15) is 278 Å². The summed E-state index contributed by atoms with van der Waals surface area (Å²) in [6.45, 7) is 6.55. The van der Waals surface area contributed by atoms with Gasteiger partial charge in [-0.25, -0.2) is 0 Å². The molecular formula is C63H108O6. The number of ether oxygens (including phenoxy) is 3. The van der Waals surface area contributed by atoms with Crippen LogP contribution in [-0.2, 0) is 28.6 Å². The first kappa shape index (κ1) is 65.6. The number of hydrogen-bond acceptors (Lipinski definition) is 6. The van der Waals surface area contributed by atoms with E-state index in [0.29, 0.717) is 19.3 Å². The Balaban J connectivity index is 4.44. The number of rotatable bonds is 52. The Morgan fingerprint density at radius 2 is 0.522 bits per heavy atom. The van der Waals surface area contributed by atoms with Gasteiger partial charge in [0.15, 0.2) is 6.10 Å². The molecule has 6 nitrogen and oxygen atoms in total. The third kappa shape index (κ3) is 55.4. The van der Waals surface area contributed by atoms with Crippen molar-refractivity contribution in [3.05, 3.63) is 85.1 Å². The van der Waals surface area contributed by atoms with Crippen LogP contribution in [0.4, 0.5) is 0 Å². The van der Waals surface area contributed by atoms with Crippen molar-refractivity contribution in [1.29, 1.82) is 0 Å². The van der Waals surface area contributed by atoms with Gasteiger partial charge in [0, 0.05) is 19.3 Å². The van der Waals surface area contributed by atoms with Crippen molar-refractivity contribution in [2.45, 2.75) is 284 Å². The quantitative estimate of drug-likeness (QED) is 0.0262. The summed E-state index contributed by atoms with van der Waals surface area (Å²) in [5.74, 6) is -0.931. The zero-order valence-corrected chi connectivity index (χ0v) is 45.3. The monoisotopic (exact) mass is 961 g/mol. The molecule has 0 spiro atoms. The van der Waals surface area contributed by atoms with Gasteiger partial charge in [0.25, 0.3) is 0 Å². The molecule has 0 saturated heterocycles. The van der Waals surface area contributed by atoms with Gasteiger partial charge in [0.1, 0.15) is 13.2 Å². The molecule has 0 radical (unpaired) electrons. The Morgan fingerprint density at radius 1 is 0.290 bits per heavy atom. The van der Waals surface area contributed by atoms with Crippen LogP contribution in [0.5, 0.6) is 0 Å². The summed E-state index contributed by atoms with van der Waals surface area (Å²) < 4.78 is 16.8. The van der Waals surface area contributed by atoms with Gasteiger partial charge in [-0.15, -0.1) is 0 Å². The molecule has 0 aromatic heterocycles. The predicted octanol–water partition coefficient (Wildman–Crippen LogP) is 19.5. The third-order valence-corrected chi connectivity index (χ3v) is 12.3. The Hall–Kier alpha value is -3.41. The molecule has 0 aromatic rings. The second kappa shape index (κ2) is 57.2. The Morgan fingerprint density at radius 3 is 0.870 bits per heavy atom. The van der Waals surface area contributed by atoms with Gasteiger partial charge in [0.05, 0.1) is 0 Å². The van der Waals surface area contributed by atoms with Crippen molar-refractivity contribution >= 4 is 17.9 Å². The lowest BCUT2D eigenvalue weighted by molar-refractivity contribution is -0.167. The Labute approximate surface area is 426 Å². The second-order valence-corrected chi connectivity index (χ2v) is 19.2. The van der Waals surface area contributed by atoms with Crippen LogP contribution in [0.2, 0.25) is 0 Å². The van der Waals surface area contributed by atoms with Crippen molar-refractivity contribution in [2.24, 2.45) is 0 Å². The van der Waals surface area contributed by atoms with Gasteiger partial charge in [-0.3, -0.25) is 14.4 Å². The summed E-state index contributed by atoms with van der Waals surface area (Å²) in [5.41, 5.74) is 0. The zero-order chi connectivity index (χ0) is 50.0. The van der Waals surface area contributed by atoms with Gasteiger partial charge >= 0.3 is 17.9 Å². The van der Waals surface area contributed by atoms with Gasteiger partial charge in [-0.05, 0) is 122 Å². The molecule has 1 atom stereocenters. The van der Waals surface area contributed by atoms with E-state index in [1.54, 1.807) is 0 Å². The average molecular weight is 962 g/mol. The van der Waals surface area contributed by atoms with E-state index < -0.39 is 6.10 Å². The van der Waals surface area contributed by atoms with Crippen LogP contribution in [0.25, 0.3) is 0 Å². The number of esters is 3. The lowest BCUT2D eigenvalue weighted by Gasteiger charge is -2.18. The van der Waals surface area contributed by atoms with E-state index >= 15 is 0 Å². The molecule has 69 heavy (non-hydrogen) atoms. The van der Waals surface area contributed by atoms with Crippen LogP contribution in [0.3, 0.4) is 0 Å². The van der Waals surface area contributed by atoms with Gasteiger partial charge in [-0.1, -0.05) is 221 Å². The molecule has 0 N–H and O–H groups in total. The molecular weight excluding hydrogens is 853 g/mol. The van der Waals surface area contributed by atoms with Crippen LogP contribution in [0, 0.1) is 0 Å². The standard InChI is InChI=1S/C63H108O6/c1-4-7-10-13-16-19-22-25-27-29-31-33-35-38-41-44-47-50-53-56-62(65)68-59-60(58-67-61(64)55-52-49-46-43-40-37-24-21-18-15-12-9-6-3)69-63(66)57-54-51-48-45-42-39-36-34-32-30-28-26-23-20-17-14-11-8-5-2/h16-17,19-21,24-28,31,33,38,41,60H,4-15,18,22-23,29-30,32,34-37,39-40,42-59H2,1-3H3/b19-16-,20-17-,24-21-,27-25-,28-26-,33-31-,41-38-/t60-/m0/s1. The molecule has 0 aliphatic rings. The van der Waals surface area contributed by atoms with Crippen molar-refractivity contribution in [3.8, 4) is 0 Å². The fourth-order valence-electron chi connectivity index (χ4n) is 7.92. The van der Waals surface area contributed by atoms with E-state index in [1.165, 1.54) is 141 Å². The number of unbranched alkanes of at least 4 members (excludes halogenated alkanes) is 27. The molecule has 0 aliphatic heterocycles. The minimum atomic E-state index is -0.796. The SMILES string of the molecule is CCCCC/C=C\C/C=C\C/C=C\C/C=C\CCCCCC(=O)OC[C@H](COC(=O)CCCCCCC/C=C\CCCCCC)OC(=O)CCCCCCCCCCC/C=C\C/C=C\CCCCC. The minimum Gasteiger partial charge on any atom is -0.462 e. The van der Waals surface area contributed by atoms with Crippen molar-refractivity contribution in [3.63, 3.8) is 0 Å². The van der Waals surface area contributed by atoms with Gasteiger partial charge < -0.3 is 14.2 Å². The van der Waals surface area contributed by atoms with Gasteiger partial charge in [-0.2, -0.15) is 0 Å². The molecule has 396 valence electrons. The van der Waals surface area contributed by atoms with E-state index in [2.05, 4.69) is 106 Å². The lowest BCUT2D eigenvalue weighted by atomic mass is 10.1. The van der Waals surface area contributed by atoms with E-state index in [0.717, 1.165) is 96.3 Å². The highest BCUT2D eigenvalue weighted by Gasteiger charge is 2.19. The maximum atomic E-state index is 12.9. The maximum Gasteiger partial charge on any atom is 0.306 e. The molecule has 0 aliphatic carbocycles. The Kier molecular flexibility index (Phi) is 54.3. The highest BCUT2D eigenvalue weighted by molar-refractivity contribution is 5.71. The second-order valence-electron chi connectivity index (χ2n) is 19.2. The summed E-state index contributed by atoms with van der Waals surface area (Å²) in [6, 6.07) is 0. The molecule has 0 bridgehead atoms. The number of allylic oxidation sites excluding steroid dienone is 14. The summed E-state index contributed by atoms with van der Waals surface area (Å²) in [7, 11) is 0. The fraction of sp³-hybridized carbons (Fsp3) is 0.730. The number of carbonyl (C=O) groups excluding carboxylic acids is 3.